The van der Waals surface area contributed by atoms with Crippen LogP contribution in [0.3, 0.4) is 0 Å². The van der Waals surface area contributed by atoms with Crippen LogP contribution >= 0.6 is 11.8 Å². The third kappa shape index (κ3) is 9.64. The number of carbonyl (C=O) groups is 2. The Labute approximate surface area is 266 Å². The Bertz CT molecular complexity index is 1400. The topological polar surface area (TPSA) is 75.6 Å². The van der Waals surface area contributed by atoms with E-state index in [1.165, 1.54) is 11.1 Å². The molecule has 5 nitrogen and oxygen atoms in total. The van der Waals surface area contributed by atoms with Crippen molar-refractivity contribution in [3.63, 3.8) is 0 Å². The Balaban J connectivity index is 0.00000323. The molecule has 0 radical (unpaired) electrons. The fraction of sp³-hybridized carbons (Fsp3) is 0.257. The number of benzene rings is 4. The zero-order valence-electron chi connectivity index (χ0n) is 25.6. The molecule has 42 heavy (non-hydrogen) atoms. The van der Waals surface area contributed by atoms with Gasteiger partial charge in [-0.2, -0.15) is 11.8 Å². The van der Waals surface area contributed by atoms with Crippen molar-refractivity contribution >= 4 is 23.6 Å². The number of carbonyl (C=O) groups excluding carboxylic acids is 1. The molecule has 0 saturated carbocycles. The maximum absolute atomic E-state index is 13.4. The summed E-state index contributed by atoms with van der Waals surface area (Å²) < 4.78 is 6.52. The molecule has 0 bridgehead atoms. The van der Waals surface area contributed by atoms with E-state index in [2.05, 4.69) is 29.6 Å². The maximum Gasteiger partial charge on any atom is 1.00 e. The molecule has 2 N–H and O–H groups in total. The minimum absolute atomic E-state index is 0. The zero-order valence-corrected chi connectivity index (χ0v) is 25.4. The van der Waals surface area contributed by atoms with Gasteiger partial charge in [-0.15, -0.1) is 0 Å². The molecule has 0 saturated heterocycles. The van der Waals surface area contributed by atoms with Crippen LogP contribution in [0, 0.1) is 6.92 Å². The van der Waals surface area contributed by atoms with Crippen molar-refractivity contribution in [1.82, 2.24) is 5.32 Å². The van der Waals surface area contributed by atoms with Gasteiger partial charge in [0.2, 0.25) is 0 Å². The molecular formula is C35H38LiNO4S. The van der Waals surface area contributed by atoms with Crippen LogP contribution in [0.4, 0.5) is 0 Å². The van der Waals surface area contributed by atoms with Gasteiger partial charge in [-0.3, -0.25) is 4.79 Å². The number of thioether (sulfide) groups is 1. The number of rotatable bonds is 14. The number of ether oxygens (including phenoxy) is 1. The van der Waals surface area contributed by atoms with Crippen molar-refractivity contribution in [2.75, 3.05) is 12.0 Å². The summed E-state index contributed by atoms with van der Waals surface area (Å²) in [6.45, 7) is 2.39. The number of aliphatic carboxylic acids is 1. The molecule has 214 valence electrons. The Kier molecular flexibility index (Phi) is 13.4. The summed E-state index contributed by atoms with van der Waals surface area (Å²) in [6.07, 6.45) is 3.82. The first kappa shape index (κ1) is 33.2. The predicted molar refractivity (Wildman–Crippen MR) is 168 cm³/mol. The molecule has 1 atom stereocenters. The van der Waals surface area contributed by atoms with Crippen molar-refractivity contribution < 1.29 is 39.7 Å². The van der Waals surface area contributed by atoms with Gasteiger partial charge in [-0.1, -0.05) is 91.0 Å². The van der Waals surface area contributed by atoms with Crippen LogP contribution in [-0.4, -0.2) is 41.1 Å². The van der Waals surface area contributed by atoms with Crippen molar-refractivity contribution in [3.05, 3.63) is 131 Å². The summed E-state index contributed by atoms with van der Waals surface area (Å²) in [6, 6.07) is 33.3. The number of amides is 1. The molecule has 0 aliphatic carbocycles. The quantitative estimate of drug-likeness (QED) is 0.222. The fourth-order valence-corrected chi connectivity index (χ4v) is 5.34. The maximum atomic E-state index is 13.4. The Morgan fingerprint density at radius 2 is 1.43 bits per heavy atom. The van der Waals surface area contributed by atoms with Crippen molar-refractivity contribution in [2.24, 2.45) is 0 Å². The molecule has 7 heteroatoms. The summed E-state index contributed by atoms with van der Waals surface area (Å²) in [4.78, 5) is 25.2. The number of aryl methyl sites for hydroxylation is 1. The molecule has 0 spiro atoms. The monoisotopic (exact) mass is 575 g/mol. The summed E-state index contributed by atoms with van der Waals surface area (Å²) >= 11 is 1.55. The Morgan fingerprint density at radius 3 is 2.00 bits per heavy atom. The molecular weight excluding hydrogens is 537 g/mol. The summed E-state index contributed by atoms with van der Waals surface area (Å²) in [5.74, 6) is -0.779. The minimum atomic E-state index is -1.03. The van der Waals surface area contributed by atoms with Crippen molar-refractivity contribution in [1.29, 1.82) is 0 Å². The number of hydrogen-bond acceptors (Lipinski definition) is 4. The van der Waals surface area contributed by atoms with Crippen LogP contribution in [0.15, 0.2) is 103 Å². The van der Waals surface area contributed by atoms with Crippen LogP contribution in [0.1, 0.15) is 40.5 Å². The molecule has 1 unspecified atom stereocenters. The first-order valence-electron chi connectivity index (χ1n) is 13.9. The van der Waals surface area contributed by atoms with Crippen LogP contribution in [-0.2, 0) is 29.0 Å². The third-order valence-corrected chi connectivity index (χ3v) is 7.72. The first-order chi connectivity index (χ1) is 19.9. The largest absolute Gasteiger partial charge is 1.00 e. The normalized spacial score (nSPS) is 11.5. The van der Waals surface area contributed by atoms with E-state index in [0.717, 1.165) is 35.1 Å². The first-order valence-corrected chi connectivity index (χ1v) is 15.2. The van der Waals surface area contributed by atoms with Gasteiger partial charge < -0.3 is 16.6 Å². The van der Waals surface area contributed by atoms with E-state index in [1.807, 2.05) is 86.0 Å². The van der Waals surface area contributed by atoms with E-state index in [0.29, 0.717) is 24.3 Å². The van der Waals surface area contributed by atoms with E-state index >= 15 is 0 Å². The standard InChI is InChI=1S/C35H37NO4S.Li.H/c1-25-11-9-10-16-30(25)32-23-28(17-18-31(32)34(37)36-33(35(38)39)19-20-41-2)24-40-29(21-26-12-5-3-6-13-26)22-27-14-7-4-8-15-27;;/h3-18,23,29,33H,19-22,24H2,1-2H3,(H,36,37)(H,38,39);;/q;+1;-1. The second-order valence-electron chi connectivity index (χ2n) is 10.2. The number of hydrogen-bond donors (Lipinski definition) is 2. The van der Waals surface area contributed by atoms with E-state index in [9.17, 15) is 14.7 Å². The molecule has 0 heterocycles. The van der Waals surface area contributed by atoms with Gasteiger partial charge in [-0.05, 0) is 83.7 Å². The average Bonchev–Trinajstić information content (AvgIpc) is 2.99. The van der Waals surface area contributed by atoms with Gasteiger partial charge in [0, 0.05) is 5.56 Å². The van der Waals surface area contributed by atoms with Crippen LogP contribution < -0.4 is 24.2 Å². The fourth-order valence-electron chi connectivity index (χ4n) is 4.86. The van der Waals surface area contributed by atoms with Gasteiger partial charge in [-0.25, -0.2) is 4.79 Å². The van der Waals surface area contributed by atoms with Crippen molar-refractivity contribution in [3.8, 4) is 11.1 Å². The third-order valence-electron chi connectivity index (χ3n) is 7.08. The summed E-state index contributed by atoms with van der Waals surface area (Å²) in [5.41, 5.74) is 6.56. The Morgan fingerprint density at radius 1 is 0.833 bits per heavy atom. The van der Waals surface area contributed by atoms with Crippen LogP contribution in [0.5, 0.6) is 0 Å². The molecule has 4 aromatic rings. The number of carboxylic acids is 1. The number of nitrogens with one attached hydrogen (secondary N) is 1. The molecule has 0 fully saturated rings. The van der Waals surface area contributed by atoms with E-state index in [4.69, 9.17) is 4.74 Å². The minimum Gasteiger partial charge on any atom is -1.00 e. The second-order valence-corrected chi connectivity index (χ2v) is 11.1. The smallest absolute Gasteiger partial charge is 1.00 e. The van der Waals surface area contributed by atoms with E-state index in [-0.39, 0.29) is 26.4 Å². The number of carboxylic acid groups (broad SMARTS) is 1. The van der Waals surface area contributed by atoms with Gasteiger partial charge >= 0.3 is 24.8 Å². The van der Waals surface area contributed by atoms with Crippen molar-refractivity contribution in [2.45, 2.75) is 44.9 Å². The molecule has 4 rings (SSSR count). The summed E-state index contributed by atoms with van der Waals surface area (Å²) in [5, 5.41) is 12.4. The molecule has 0 aliphatic rings. The van der Waals surface area contributed by atoms with Crippen LogP contribution in [0.25, 0.3) is 11.1 Å². The molecule has 1 amide bonds. The van der Waals surface area contributed by atoms with Gasteiger partial charge in [0.05, 0.1) is 12.7 Å². The van der Waals surface area contributed by atoms with Gasteiger partial charge in [0.1, 0.15) is 6.04 Å². The van der Waals surface area contributed by atoms with Gasteiger partial charge in [0.25, 0.3) is 5.91 Å². The van der Waals surface area contributed by atoms with E-state index < -0.39 is 17.9 Å². The van der Waals surface area contributed by atoms with Crippen LogP contribution in [0.2, 0.25) is 0 Å². The van der Waals surface area contributed by atoms with E-state index in [1.54, 1.807) is 17.8 Å². The Hall–Kier alpha value is -3.27. The molecule has 0 aromatic heterocycles. The predicted octanol–water partition coefficient (Wildman–Crippen LogP) is 4.09. The molecule has 4 aromatic carbocycles. The van der Waals surface area contributed by atoms with Gasteiger partial charge in [0.15, 0.2) is 0 Å². The zero-order chi connectivity index (χ0) is 29.0. The second kappa shape index (κ2) is 17.0. The summed E-state index contributed by atoms with van der Waals surface area (Å²) in [7, 11) is 0. The molecule has 0 aliphatic heterocycles. The average molecular weight is 576 g/mol. The SMILES string of the molecule is CSCCC(NC(=O)c1ccc(COC(Cc2ccccc2)Cc2ccccc2)cc1-c1ccccc1C)C(=O)O.[H-].[Li+].